The van der Waals surface area contributed by atoms with Gasteiger partial charge in [-0.15, -0.1) is 0 Å². The third kappa shape index (κ3) is 4.04. The Balaban J connectivity index is 1.83. The predicted octanol–water partition coefficient (Wildman–Crippen LogP) is 1.62. The number of benzene rings is 1. The Morgan fingerprint density at radius 1 is 1.20 bits per heavy atom. The van der Waals surface area contributed by atoms with E-state index >= 15 is 0 Å². The van der Waals surface area contributed by atoms with Crippen LogP contribution in [-0.4, -0.2) is 32.2 Å². The fourth-order valence-electron chi connectivity index (χ4n) is 1.82. The number of ether oxygens (including phenoxy) is 3. The van der Waals surface area contributed by atoms with Gasteiger partial charge in [0.05, 0.1) is 26.7 Å². The summed E-state index contributed by atoms with van der Waals surface area (Å²) in [7, 11) is 1.30. The Kier molecular flexibility index (Phi) is 5.09. The SMILES string of the molecule is COC(=O)CCC(=O)Nc1ccc(C2OCCO2)cc1. The summed E-state index contributed by atoms with van der Waals surface area (Å²) in [5.74, 6) is -0.623. The van der Waals surface area contributed by atoms with Gasteiger partial charge in [0.2, 0.25) is 5.91 Å². The molecule has 0 aliphatic carbocycles. The van der Waals surface area contributed by atoms with Gasteiger partial charge in [-0.3, -0.25) is 9.59 Å². The minimum atomic E-state index is -0.397. The minimum absolute atomic E-state index is 0.0736. The molecule has 1 fully saturated rings. The van der Waals surface area contributed by atoms with Gasteiger partial charge in [0.1, 0.15) is 0 Å². The molecule has 0 atom stereocenters. The van der Waals surface area contributed by atoms with Crippen molar-refractivity contribution in [1.29, 1.82) is 0 Å². The topological polar surface area (TPSA) is 73.9 Å². The molecule has 1 N–H and O–H groups in total. The fraction of sp³-hybridized carbons (Fsp3) is 0.429. The fourth-order valence-corrected chi connectivity index (χ4v) is 1.82. The van der Waals surface area contributed by atoms with Crippen molar-refractivity contribution in [2.45, 2.75) is 19.1 Å². The van der Waals surface area contributed by atoms with Crippen LogP contribution < -0.4 is 5.32 Å². The van der Waals surface area contributed by atoms with Gasteiger partial charge in [0.15, 0.2) is 6.29 Å². The zero-order chi connectivity index (χ0) is 14.4. The van der Waals surface area contributed by atoms with Crippen LogP contribution in [0.2, 0.25) is 0 Å². The summed E-state index contributed by atoms with van der Waals surface area (Å²) < 4.78 is 15.2. The molecule has 20 heavy (non-hydrogen) atoms. The normalized spacial score (nSPS) is 15.1. The van der Waals surface area contributed by atoms with E-state index in [2.05, 4.69) is 10.1 Å². The highest BCUT2D eigenvalue weighted by Gasteiger charge is 2.17. The Bertz CT molecular complexity index is 465. The number of carbonyl (C=O) groups is 2. The number of hydrogen-bond acceptors (Lipinski definition) is 5. The molecule has 0 saturated carbocycles. The summed E-state index contributed by atoms with van der Waals surface area (Å²) in [5, 5.41) is 2.71. The summed E-state index contributed by atoms with van der Waals surface area (Å²) >= 11 is 0. The number of nitrogens with one attached hydrogen (secondary N) is 1. The molecule has 0 radical (unpaired) electrons. The van der Waals surface area contributed by atoms with E-state index in [9.17, 15) is 9.59 Å². The molecule has 6 heteroatoms. The van der Waals surface area contributed by atoms with E-state index < -0.39 is 5.97 Å². The third-order valence-electron chi connectivity index (χ3n) is 2.87. The quantitative estimate of drug-likeness (QED) is 0.829. The maximum atomic E-state index is 11.6. The molecule has 1 aliphatic heterocycles. The van der Waals surface area contributed by atoms with Crippen LogP contribution in [-0.2, 0) is 23.8 Å². The second-order valence-corrected chi connectivity index (χ2v) is 4.32. The molecule has 1 heterocycles. The van der Waals surface area contributed by atoms with Crippen LogP contribution in [0.25, 0.3) is 0 Å². The summed E-state index contributed by atoms with van der Waals surface area (Å²) in [6.07, 6.45) is -0.146. The van der Waals surface area contributed by atoms with E-state index in [0.29, 0.717) is 18.9 Å². The molecule has 2 rings (SSSR count). The van der Waals surface area contributed by atoms with Crippen LogP contribution in [0, 0.1) is 0 Å². The van der Waals surface area contributed by atoms with Gasteiger partial charge in [-0.05, 0) is 12.1 Å². The van der Waals surface area contributed by atoms with Gasteiger partial charge < -0.3 is 19.5 Å². The van der Waals surface area contributed by atoms with Crippen molar-refractivity contribution < 1.29 is 23.8 Å². The Hall–Kier alpha value is -1.92. The molecule has 0 unspecified atom stereocenters. The number of rotatable bonds is 5. The zero-order valence-electron chi connectivity index (χ0n) is 11.3. The van der Waals surface area contributed by atoms with Gasteiger partial charge in [0, 0.05) is 17.7 Å². The smallest absolute Gasteiger partial charge is 0.306 e. The summed E-state index contributed by atoms with van der Waals surface area (Å²) in [6.45, 7) is 1.19. The highest BCUT2D eigenvalue weighted by atomic mass is 16.7. The van der Waals surface area contributed by atoms with Crippen molar-refractivity contribution >= 4 is 17.6 Å². The molecule has 108 valence electrons. The molecule has 1 amide bonds. The predicted molar refractivity (Wildman–Crippen MR) is 71.0 cm³/mol. The Morgan fingerprint density at radius 2 is 1.85 bits per heavy atom. The number of methoxy groups -OCH3 is 1. The van der Waals surface area contributed by atoms with Gasteiger partial charge in [-0.25, -0.2) is 0 Å². The second-order valence-electron chi connectivity index (χ2n) is 4.32. The van der Waals surface area contributed by atoms with Crippen LogP contribution in [0.1, 0.15) is 24.7 Å². The van der Waals surface area contributed by atoms with E-state index in [1.54, 1.807) is 12.1 Å². The molecule has 1 aromatic carbocycles. The molecule has 0 bridgehead atoms. The Morgan fingerprint density at radius 3 is 2.45 bits per heavy atom. The number of anilines is 1. The maximum absolute atomic E-state index is 11.6. The zero-order valence-corrected chi connectivity index (χ0v) is 11.3. The number of hydrogen-bond donors (Lipinski definition) is 1. The van der Waals surface area contributed by atoms with Crippen molar-refractivity contribution in [1.82, 2.24) is 0 Å². The summed E-state index contributed by atoms with van der Waals surface area (Å²) in [5.41, 5.74) is 1.58. The lowest BCUT2D eigenvalue weighted by Crippen LogP contribution is -2.14. The molecular weight excluding hydrogens is 262 g/mol. The number of esters is 1. The van der Waals surface area contributed by atoms with Gasteiger partial charge in [0.25, 0.3) is 0 Å². The number of amides is 1. The second kappa shape index (κ2) is 7.02. The van der Waals surface area contributed by atoms with E-state index in [1.165, 1.54) is 7.11 Å². The van der Waals surface area contributed by atoms with Crippen LogP contribution in [0.5, 0.6) is 0 Å². The molecule has 0 spiro atoms. The number of carbonyl (C=O) groups excluding carboxylic acids is 2. The first kappa shape index (κ1) is 14.5. The average Bonchev–Trinajstić information content (AvgIpc) is 2.99. The molecule has 0 aromatic heterocycles. The molecule has 1 aliphatic rings. The molecular formula is C14H17NO5. The molecule has 1 aromatic rings. The van der Waals surface area contributed by atoms with Gasteiger partial charge in [-0.2, -0.15) is 0 Å². The maximum Gasteiger partial charge on any atom is 0.306 e. The lowest BCUT2D eigenvalue weighted by Gasteiger charge is -2.10. The molecule has 1 saturated heterocycles. The van der Waals surface area contributed by atoms with Crippen LogP contribution >= 0.6 is 0 Å². The van der Waals surface area contributed by atoms with E-state index in [0.717, 1.165) is 5.56 Å². The highest BCUT2D eigenvalue weighted by Crippen LogP contribution is 2.24. The molecule has 6 nitrogen and oxygen atoms in total. The lowest BCUT2D eigenvalue weighted by atomic mass is 10.2. The van der Waals surface area contributed by atoms with Crippen molar-refractivity contribution in [2.75, 3.05) is 25.6 Å². The van der Waals surface area contributed by atoms with Crippen molar-refractivity contribution in [3.8, 4) is 0 Å². The van der Waals surface area contributed by atoms with Crippen molar-refractivity contribution in [2.24, 2.45) is 0 Å². The highest BCUT2D eigenvalue weighted by molar-refractivity contribution is 5.92. The van der Waals surface area contributed by atoms with E-state index in [1.807, 2.05) is 12.1 Å². The third-order valence-corrected chi connectivity index (χ3v) is 2.87. The first-order valence-electron chi connectivity index (χ1n) is 6.39. The first-order valence-corrected chi connectivity index (χ1v) is 6.39. The van der Waals surface area contributed by atoms with Crippen LogP contribution in [0.3, 0.4) is 0 Å². The summed E-state index contributed by atoms with van der Waals surface area (Å²) in [4.78, 5) is 22.5. The van der Waals surface area contributed by atoms with Crippen LogP contribution in [0.15, 0.2) is 24.3 Å². The average molecular weight is 279 g/mol. The summed E-state index contributed by atoms with van der Waals surface area (Å²) in [6, 6.07) is 7.23. The first-order chi connectivity index (χ1) is 9.69. The largest absolute Gasteiger partial charge is 0.469 e. The monoisotopic (exact) mass is 279 g/mol. The Labute approximate surface area is 117 Å². The van der Waals surface area contributed by atoms with E-state index in [-0.39, 0.29) is 25.0 Å². The van der Waals surface area contributed by atoms with E-state index in [4.69, 9.17) is 9.47 Å². The standard InChI is InChI=1S/C14H17NO5/c1-18-13(17)7-6-12(16)15-11-4-2-10(3-5-11)14-19-8-9-20-14/h2-5,14H,6-9H2,1H3,(H,15,16). The minimum Gasteiger partial charge on any atom is -0.469 e. The van der Waals surface area contributed by atoms with Crippen molar-refractivity contribution in [3.63, 3.8) is 0 Å². The lowest BCUT2D eigenvalue weighted by molar-refractivity contribution is -0.141. The van der Waals surface area contributed by atoms with Crippen molar-refractivity contribution in [3.05, 3.63) is 29.8 Å². The van der Waals surface area contributed by atoms with Crippen LogP contribution in [0.4, 0.5) is 5.69 Å². The van der Waals surface area contributed by atoms with Gasteiger partial charge in [-0.1, -0.05) is 12.1 Å². The van der Waals surface area contributed by atoms with Gasteiger partial charge >= 0.3 is 5.97 Å².